The molecule has 1 amide bonds. The number of hydrogen-bond acceptors (Lipinski definition) is 3. The summed E-state index contributed by atoms with van der Waals surface area (Å²) in [5.74, 6) is 0.172. The van der Waals surface area contributed by atoms with E-state index in [1.807, 2.05) is 6.07 Å². The summed E-state index contributed by atoms with van der Waals surface area (Å²) in [5, 5.41) is 2.77. The van der Waals surface area contributed by atoms with Gasteiger partial charge in [-0.25, -0.2) is 0 Å². The van der Waals surface area contributed by atoms with Gasteiger partial charge in [0.15, 0.2) is 0 Å². The Morgan fingerprint density at radius 2 is 2.35 bits per heavy atom. The van der Waals surface area contributed by atoms with Crippen molar-refractivity contribution < 1.29 is 14.3 Å². The second-order valence-corrected chi connectivity index (χ2v) is 4.21. The third-order valence-corrected chi connectivity index (χ3v) is 2.89. The van der Waals surface area contributed by atoms with Crippen LogP contribution in [0.2, 0.25) is 0 Å². The summed E-state index contributed by atoms with van der Waals surface area (Å²) in [6, 6.07) is 5.38. The predicted molar refractivity (Wildman–Crippen MR) is 64.3 cm³/mol. The van der Waals surface area contributed by atoms with Gasteiger partial charge in [0.25, 0.3) is 0 Å². The van der Waals surface area contributed by atoms with Gasteiger partial charge in [0.05, 0.1) is 6.61 Å². The topological polar surface area (TPSA) is 55.4 Å². The Morgan fingerprint density at radius 1 is 1.53 bits per heavy atom. The highest BCUT2D eigenvalue weighted by Gasteiger charge is 2.21. The van der Waals surface area contributed by atoms with Crippen LogP contribution < -0.4 is 5.32 Å². The molecule has 90 valence electrons. The summed E-state index contributed by atoms with van der Waals surface area (Å²) in [6.45, 7) is 2.88. The molecule has 2 rings (SSSR count). The molecule has 0 aromatic heterocycles. The lowest BCUT2D eigenvalue weighted by atomic mass is 9.95. The van der Waals surface area contributed by atoms with Crippen LogP contribution in [0.15, 0.2) is 18.2 Å². The van der Waals surface area contributed by atoms with Crippen molar-refractivity contribution in [1.29, 1.82) is 0 Å². The van der Waals surface area contributed by atoms with E-state index < -0.39 is 0 Å². The van der Waals surface area contributed by atoms with Gasteiger partial charge in [-0.1, -0.05) is 12.1 Å². The van der Waals surface area contributed by atoms with Crippen LogP contribution in [0.4, 0.5) is 5.69 Å². The maximum atomic E-state index is 11.1. The minimum atomic E-state index is -0.131. The summed E-state index contributed by atoms with van der Waals surface area (Å²) in [6.07, 6.45) is 1.73. The van der Waals surface area contributed by atoms with E-state index in [0.717, 1.165) is 30.6 Å². The average Bonchev–Trinajstić information content (AvgIpc) is 2.81. The van der Waals surface area contributed by atoms with Crippen molar-refractivity contribution in [2.75, 3.05) is 18.5 Å². The van der Waals surface area contributed by atoms with Gasteiger partial charge in [0.1, 0.15) is 6.29 Å². The Kier molecular flexibility index (Phi) is 3.54. The van der Waals surface area contributed by atoms with Crippen LogP contribution in [-0.2, 0) is 9.53 Å². The fourth-order valence-electron chi connectivity index (χ4n) is 2.08. The molecule has 0 bridgehead atoms. The molecular weight excluding hydrogens is 218 g/mol. The van der Waals surface area contributed by atoms with Crippen LogP contribution in [0.3, 0.4) is 0 Å². The van der Waals surface area contributed by atoms with E-state index in [1.165, 1.54) is 6.92 Å². The monoisotopic (exact) mass is 233 g/mol. The van der Waals surface area contributed by atoms with Crippen LogP contribution in [-0.4, -0.2) is 25.4 Å². The zero-order valence-electron chi connectivity index (χ0n) is 9.73. The molecule has 1 unspecified atom stereocenters. The van der Waals surface area contributed by atoms with Crippen LogP contribution in [0.25, 0.3) is 0 Å². The molecule has 1 aliphatic heterocycles. The molecule has 1 aromatic carbocycles. The van der Waals surface area contributed by atoms with E-state index in [0.29, 0.717) is 18.1 Å². The summed E-state index contributed by atoms with van der Waals surface area (Å²) < 4.78 is 5.35. The van der Waals surface area contributed by atoms with Gasteiger partial charge in [-0.15, -0.1) is 0 Å². The molecule has 0 radical (unpaired) electrons. The van der Waals surface area contributed by atoms with E-state index in [1.54, 1.807) is 12.1 Å². The molecule has 1 aromatic rings. The highest BCUT2D eigenvalue weighted by Crippen LogP contribution is 2.31. The van der Waals surface area contributed by atoms with Crippen molar-refractivity contribution in [1.82, 2.24) is 0 Å². The van der Waals surface area contributed by atoms with Crippen molar-refractivity contribution in [2.24, 2.45) is 0 Å². The Balaban J connectivity index is 2.34. The number of benzene rings is 1. The van der Waals surface area contributed by atoms with E-state index in [2.05, 4.69) is 5.32 Å². The van der Waals surface area contributed by atoms with Crippen molar-refractivity contribution >= 4 is 17.9 Å². The van der Waals surface area contributed by atoms with E-state index in [9.17, 15) is 9.59 Å². The van der Waals surface area contributed by atoms with Gasteiger partial charge in [0.2, 0.25) is 5.91 Å². The standard InChI is InChI=1S/C13H15NO3/c1-9(16)14-13-6-10(7-15)2-3-12(13)11-4-5-17-8-11/h2-3,6-7,11H,4-5,8H2,1H3,(H,14,16). The molecule has 4 nitrogen and oxygen atoms in total. The minimum Gasteiger partial charge on any atom is -0.381 e. The second-order valence-electron chi connectivity index (χ2n) is 4.21. The number of amides is 1. The van der Waals surface area contributed by atoms with Crippen molar-refractivity contribution in [3.8, 4) is 0 Å². The zero-order valence-corrected chi connectivity index (χ0v) is 9.73. The summed E-state index contributed by atoms with van der Waals surface area (Å²) in [7, 11) is 0. The molecule has 1 aliphatic rings. The molecule has 1 saturated heterocycles. The lowest BCUT2D eigenvalue weighted by Gasteiger charge is -2.15. The Labute approximate surface area is 100.0 Å². The first kappa shape index (κ1) is 11.8. The van der Waals surface area contributed by atoms with Gasteiger partial charge >= 0.3 is 0 Å². The van der Waals surface area contributed by atoms with Gasteiger partial charge < -0.3 is 10.1 Å². The van der Waals surface area contributed by atoms with Crippen LogP contribution in [0, 0.1) is 0 Å². The zero-order chi connectivity index (χ0) is 12.3. The van der Waals surface area contributed by atoms with Gasteiger partial charge in [0, 0.05) is 30.7 Å². The van der Waals surface area contributed by atoms with Gasteiger partial charge in [-0.3, -0.25) is 9.59 Å². The Hall–Kier alpha value is -1.68. The lowest BCUT2D eigenvalue weighted by molar-refractivity contribution is -0.114. The maximum Gasteiger partial charge on any atom is 0.221 e. The van der Waals surface area contributed by atoms with Crippen LogP contribution in [0.1, 0.15) is 35.2 Å². The van der Waals surface area contributed by atoms with Crippen molar-refractivity contribution in [2.45, 2.75) is 19.3 Å². The first-order valence-corrected chi connectivity index (χ1v) is 5.65. The normalized spacial score (nSPS) is 19.0. The summed E-state index contributed by atoms with van der Waals surface area (Å²) >= 11 is 0. The maximum absolute atomic E-state index is 11.1. The fraction of sp³-hybridized carbons (Fsp3) is 0.385. The Bertz CT molecular complexity index is 436. The highest BCUT2D eigenvalue weighted by atomic mass is 16.5. The number of aldehydes is 1. The first-order valence-electron chi connectivity index (χ1n) is 5.65. The highest BCUT2D eigenvalue weighted by molar-refractivity contribution is 5.91. The average molecular weight is 233 g/mol. The van der Waals surface area contributed by atoms with Gasteiger partial charge in [-0.2, -0.15) is 0 Å². The summed E-state index contributed by atoms with van der Waals surface area (Å²) in [4.78, 5) is 21.9. The number of ether oxygens (including phenoxy) is 1. The van der Waals surface area contributed by atoms with E-state index in [-0.39, 0.29) is 5.91 Å². The van der Waals surface area contributed by atoms with Crippen molar-refractivity contribution in [3.05, 3.63) is 29.3 Å². The number of hydrogen-bond donors (Lipinski definition) is 1. The van der Waals surface area contributed by atoms with E-state index >= 15 is 0 Å². The number of anilines is 1. The molecule has 1 heterocycles. The van der Waals surface area contributed by atoms with Crippen LogP contribution >= 0.6 is 0 Å². The third-order valence-electron chi connectivity index (χ3n) is 2.89. The molecule has 1 atom stereocenters. The lowest BCUT2D eigenvalue weighted by Crippen LogP contribution is -2.11. The Morgan fingerprint density at radius 3 is 2.94 bits per heavy atom. The molecule has 0 spiro atoms. The molecular formula is C13H15NO3. The molecule has 17 heavy (non-hydrogen) atoms. The van der Waals surface area contributed by atoms with Crippen molar-refractivity contribution in [3.63, 3.8) is 0 Å². The molecule has 0 saturated carbocycles. The molecule has 4 heteroatoms. The second kappa shape index (κ2) is 5.10. The smallest absolute Gasteiger partial charge is 0.221 e. The molecule has 0 aliphatic carbocycles. The molecule has 1 N–H and O–H groups in total. The third kappa shape index (κ3) is 2.71. The molecule has 1 fully saturated rings. The number of carbonyl (C=O) groups excluding carboxylic acids is 2. The first-order chi connectivity index (χ1) is 8.20. The predicted octanol–water partition coefficient (Wildman–Crippen LogP) is 1.96. The van der Waals surface area contributed by atoms with Crippen LogP contribution in [0.5, 0.6) is 0 Å². The number of rotatable bonds is 3. The summed E-state index contributed by atoms with van der Waals surface area (Å²) in [5.41, 5.74) is 2.33. The SMILES string of the molecule is CC(=O)Nc1cc(C=O)ccc1C1CCOC1. The number of carbonyl (C=O) groups is 2. The largest absolute Gasteiger partial charge is 0.381 e. The quantitative estimate of drug-likeness (QED) is 0.812. The van der Waals surface area contributed by atoms with E-state index in [4.69, 9.17) is 4.74 Å². The fourth-order valence-corrected chi connectivity index (χ4v) is 2.08. The van der Waals surface area contributed by atoms with Gasteiger partial charge in [-0.05, 0) is 18.1 Å². The minimum absolute atomic E-state index is 0.131. The number of nitrogens with one attached hydrogen (secondary N) is 1.